The number of rotatable bonds is 7. The van der Waals surface area contributed by atoms with Crippen molar-refractivity contribution in [2.45, 2.75) is 38.9 Å². The summed E-state index contributed by atoms with van der Waals surface area (Å²) >= 11 is 1.65. The summed E-state index contributed by atoms with van der Waals surface area (Å²) in [4.78, 5) is 12.2. The lowest BCUT2D eigenvalue weighted by Crippen LogP contribution is -2.16. The van der Waals surface area contributed by atoms with Gasteiger partial charge in [0.25, 0.3) is 0 Å². The summed E-state index contributed by atoms with van der Waals surface area (Å²) in [5.74, 6) is 1.86. The summed E-state index contributed by atoms with van der Waals surface area (Å²) in [6.07, 6.45) is 1.06. The summed E-state index contributed by atoms with van der Waals surface area (Å²) in [5, 5.41) is 3.06. The number of carbonyl (C=O) groups excluding carboxylic acids is 1. The summed E-state index contributed by atoms with van der Waals surface area (Å²) in [5.41, 5.74) is 4.69. The van der Waals surface area contributed by atoms with Gasteiger partial charge < -0.3 is 5.32 Å². The minimum atomic E-state index is 0.0680. The first-order valence-corrected chi connectivity index (χ1v) is 9.27. The van der Waals surface area contributed by atoms with E-state index >= 15 is 0 Å². The second-order valence-electron chi connectivity index (χ2n) is 5.93. The Morgan fingerprint density at radius 3 is 2.70 bits per heavy atom. The van der Waals surface area contributed by atoms with Crippen LogP contribution in [0.4, 0.5) is 5.69 Å². The number of amides is 1. The average Bonchev–Trinajstić information content (AvgIpc) is 2.55. The number of benzene rings is 2. The number of carbonyl (C=O) groups is 1. The van der Waals surface area contributed by atoms with Gasteiger partial charge in [-0.3, -0.25) is 4.79 Å². The Kier molecular flexibility index (Phi) is 6.72. The molecular formula is C20H25NOS. The fourth-order valence-electron chi connectivity index (χ4n) is 2.51. The molecule has 0 saturated heterocycles. The van der Waals surface area contributed by atoms with Gasteiger partial charge in [-0.1, -0.05) is 61.9 Å². The van der Waals surface area contributed by atoms with E-state index in [1.807, 2.05) is 18.2 Å². The molecule has 122 valence electrons. The lowest BCUT2D eigenvalue weighted by molar-refractivity contribution is -0.113. The van der Waals surface area contributed by atoms with Gasteiger partial charge in [-0.2, -0.15) is 0 Å². The van der Waals surface area contributed by atoms with E-state index in [-0.39, 0.29) is 5.91 Å². The van der Waals surface area contributed by atoms with Crippen LogP contribution in [0, 0.1) is 6.92 Å². The first kappa shape index (κ1) is 17.6. The second-order valence-corrected chi connectivity index (χ2v) is 6.91. The third-order valence-corrected chi connectivity index (χ3v) is 4.97. The second kappa shape index (κ2) is 8.78. The van der Waals surface area contributed by atoms with E-state index in [9.17, 15) is 4.79 Å². The molecule has 0 aromatic heterocycles. The monoisotopic (exact) mass is 327 g/mol. The van der Waals surface area contributed by atoms with Crippen LogP contribution in [0.2, 0.25) is 0 Å². The Morgan fingerprint density at radius 2 is 1.96 bits per heavy atom. The van der Waals surface area contributed by atoms with Crippen LogP contribution < -0.4 is 5.32 Å². The van der Waals surface area contributed by atoms with Crippen LogP contribution in [0.15, 0.2) is 48.5 Å². The maximum atomic E-state index is 12.2. The molecule has 1 unspecified atom stereocenters. The van der Waals surface area contributed by atoms with Crippen molar-refractivity contribution in [1.29, 1.82) is 0 Å². The molecule has 0 aliphatic heterocycles. The molecule has 23 heavy (non-hydrogen) atoms. The SMILES string of the molecule is CCC(C)c1ccccc1NC(=O)CSCc1cccc(C)c1. The zero-order chi connectivity index (χ0) is 16.7. The van der Waals surface area contributed by atoms with Crippen LogP contribution in [0.5, 0.6) is 0 Å². The molecule has 0 aliphatic rings. The fraction of sp³-hybridized carbons (Fsp3) is 0.350. The van der Waals surface area contributed by atoms with Crippen LogP contribution in [0.1, 0.15) is 42.9 Å². The van der Waals surface area contributed by atoms with Gasteiger partial charge >= 0.3 is 0 Å². The number of hydrogen-bond acceptors (Lipinski definition) is 2. The molecule has 0 spiro atoms. The van der Waals surface area contributed by atoms with Crippen LogP contribution >= 0.6 is 11.8 Å². The molecular weight excluding hydrogens is 302 g/mol. The third-order valence-electron chi connectivity index (χ3n) is 3.96. The molecule has 0 bridgehead atoms. The molecule has 1 amide bonds. The first-order chi connectivity index (χ1) is 11.1. The fourth-order valence-corrected chi connectivity index (χ4v) is 3.29. The van der Waals surface area contributed by atoms with Crippen molar-refractivity contribution in [1.82, 2.24) is 0 Å². The first-order valence-electron chi connectivity index (χ1n) is 8.12. The molecule has 0 aliphatic carbocycles. The number of anilines is 1. The zero-order valence-electron chi connectivity index (χ0n) is 14.1. The largest absolute Gasteiger partial charge is 0.325 e. The smallest absolute Gasteiger partial charge is 0.234 e. The van der Waals surface area contributed by atoms with E-state index in [1.165, 1.54) is 16.7 Å². The van der Waals surface area contributed by atoms with Gasteiger partial charge in [-0.15, -0.1) is 11.8 Å². The van der Waals surface area contributed by atoms with Gasteiger partial charge in [0.1, 0.15) is 0 Å². The highest BCUT2D eigenvalue weighted by molar-refractivity contribution is 7.99. The van der Waals surface area contributed by atoms with Crippen molar-refractivity contribution in [3.63, 3.8) is 0 Å². The lowest BCUT2D eigenvalue weighted by atomic mass is 9.97. The van der Waals surface area contributed by atoms with Crippen LogP contribution in [-0.2, 0) is 10.5 Å². The molecule has 0 fully saturated rings. The normalized spacial score (nSPS) is 12.0. The Balaban J connectivity index is 1.88. The van der Waals surface area contributed by atoms with Crippen LogP contribution in [0.3, 0.4) is 0 Å². The molecule has 0 heterocycles. The van der Waals surface area contributed by atoms with Gasteiger partial charge in [0.2, 0.25) is 5.91 Å². The van der Waals surface area contributed by atoms with E-state index in [0.29, 0.717) is 11.7 Å². The van der Waals surface area contributed by atoms with Crippen molar-refractivity contribution < 1.29 is 4.79 Å². The van der Waals surface area contributed by atoms with Gasteiger partial charge in [0, 0.05) is 11.4 Å². The highest BCUT2D eigenvalue weighted by Crippen LogP contribution is 2.26. The van der Waals surface area contributed by atoms with Crippen LogP contribution in [0.25, 0.3) is 0 Å². The van der Waals surface area contributed by atoms with E-state index < -0.39 is 0 Å². The quantitative estimate of drug-likeness (QED) is 0.739. The van der Waals surface area contributed by atoms with Crippen molar-refractivity contribution in [2.24, 2.45) is 0 Å². The van der Waals surface area contributed by atoms with E-state index in [2.05, 4.69) is 56.4 Å². The van der Waals surface area contributed by atoms with Gasteiger partial charge in [0.15, 0.2) is 0 Å². The number of thioether (sulfide) groups is 1. The Morgan fingerprint density at radius 1 is 1.17 bits per heavy atom. The predicted octanol–water partition coefficient (Wildman–Crippen LogP) is 5.38. The minimum absolute atomic E-state index is 0.0680. The Bertz CT molecular complexity index is 654. The molecule has 2 aromatic carbocycles. The summed E-state index contributed by atoms with van der Waals surface area (Å²) < 4.78 is 0. The maximum Gasteiger partial charge on any atom is 0.234 e. The molecule has 0 saturated carbocycles. The average molecular weight is 327 g/mol. The van der Waals surface area contributed by atoms with Crippen molar-refractivity contribution in [3.05, 3.63) is 65.2 Å². The molecule has 0 radical (unpaired) electrons. The summed E-state index contributed by atoms with van der Waals surface area (Å²) in [6.45, 7) is 6.45. The van der Waals surface area contributed by atoms with E-state index in [0.717, 1.165) is 17.9 Å². The minimum Gasteiger partial charge on any atom is -0.325 e. The summed E-state index contributed by atoms with van der Waals surface area (Å²) in [6, 6.07) is 16.5. The standard InChI is InChI=1S/C20H25NOS/c1-4-16(3)18-10-5-6-11-19(18)21-20(22)14-23-13-17-9-7-8-15(2)12-17/h5-12,16H,4,13-14H2,1-3H3,(H,21,22). The van der Waals surface area contributed by atoms with E-state index in [1.54, 1.807) is 11.8 Å². The molecule has 2 rings (SSSR count). The predicted molar refractivity (Wildman–Crippen MR) is 101 cm³/mol. The van der Waals surface area contributed by atoms with Gasteiger partial charge in [-0.25, -0.2) is 0 Å². The van der Waals surface area contributed by atoms with Crippen LogP contribution in [-0.4, -0.2) is 11.7 Å². The maximum absolute atomic E-state index is 12.2. The zero-order valence-corrected chi connectivity index (χ0v) is 15.0. The topological polar surface area (TPSA) is 29.1 Å². The Labute approximate surface area is 143 Å². The Hall–Kier alpha value is -1.74. The number of aryl methyl sites for hydroxylation is 1. The number of para-hydroxylation sites is 1. The summed E-state index contributed by atoms with van der Waals surface area (Å²) in [7, 11) is 0. The lowest BCUT2D eigenvalue weighted by Gasteiger charge is -2.15. The molecule has 2 aromatic rings. The van der Waals surface area contributed by atoms with E-state index in [4.69, 9.17) is 0 Å². The highest BCUT2D eigenvalue weighted by atomic mass is 32.2. The van der Waals surface area contributed by atoms with Crippen molar-refractivity contribution in [2.75, 3.05) is 11.1 Å². The third kappa shape index (κ3) is 5.43. The molecule has 1 N–H and O–H groups in total. The van der Waals surface area contributed by atoms with Gasteiger partial charge in [-0.05, 0) is 36.5 Å². The number of hydrogen-bond donors (Lipinski definition) is 1. The molecule has 3 heteroatoms. The highest BCUT2D eigenvalue weighted by Gasteiger charge is 2.11. The molecule has 1 atom stereocenters. The molecule has 2 nitrogen and oxygen atoms in total. The number of nitrogens with one attached hydrogen (secondary N) is 1. The van der Waals surface area contributed by atoms with Crippen molar-refractivity contribution >= 4 is 23.4 Å². The van der Waals surface area contributed by atoms with Crippen molar-refractivity contribution in [3.8, 4) is 0 Å². The van der Waals surface area contributed by atoms with Gasteiger partial charge in [0.05, 0.1) is 5.75 Å².